The fraction of sp³-hybridized carbons (Fsp3) is 0. The molecule has 1 heterocycles. The molecule has 100 valence electrons. The van der Waals surface area contributed by atoms with Gasteiger partial charge in [0, 0.05) is 21.5 Å². The lowest BCUT2D eigenvalue weighted by molar-refractivity contribution is 0.404. The molecule has 0 saturated heterocycles. The van der Waals surface area contributed by atoms with Gasteiger partial charge in [-0.05, 0) is 30.3 Å². The van der Waals surface area contributed by atoms with E-state index in [0.717, 1.165) is 21.8 Å². The molecule has 0 radical (unpaired) electrons. The van der Waals surface area contributed by atoms with E-state index in [-0.39, 0.29) is 11.5 Å². The van der Waals surface area contributed by atoms with E-state index in [2.05, 4.69) is 4.98 Å². The summed E-state index contributed by atoms with van der Waals surface area (Å²) in [5, 5.41) is 22.3. The van der Waals surface area contributed by atoms with Crippen LogP contribution in [0, 0.1) is 0 Å². The highest BCUT2D eigenvalue weighted by molar-refractivity contribution is 7.13. The number of hydrogen-bond acceptors (Lipinski definition) is 4. The zero-order valence-corrected chi connectivity index (χ0v) is 11.8. The molecule has 0 aliphatic carbocycles. The largest absolute Gasteiger partial charge is 0.504 e. The summed E-state index contributed by atoms with van der Waals surface area (Å²) >= 11 is 7.38. The Morgan fingerprint density at radius 2 is 1.60 bits per heavy atom. The van der Waals surface area contributed by atoms with Crippen molar-refractivity contribution in [2.24, 2.45) is 0 Å². The van der Waals surface area contributed by atoms with Gasteiger partial charge in [0.2, 0.25) is 0 Å². The Bertz CT molecular complexity index is 753. The van der Waals surface area contributed by atoms with Gasteiger partial charge in [0.1, 0.15) is 5.01 Å². The van der Waals surface area contributed by atoms with Crippen molar-refractivity contribution < 1.29 is 10.2 Å². The topological polar surface area (TPSA) is 53.4 Å². The van der Waals surface area contributed by atoms with Crippen molar-refractivity contribution in [3.8, 4) is 33.3 Å². The second-order valence-electron chi connectivity index (χ2n) is 4.25. The Labute approximate surface area is 124 Å². The summed E-state index contributed by atoms with van der Waals surface area (Å²) in [4.78, 5) is 4.53. The maximum atomic E-state index is 9.53. The van der Waals surface area contributed by atoms with Crippen LogP contribution in [0.3, 0.4) is 0 Å². The van der Waals surface area contributed by atoms with E-state index in [0.29, 0.717) is 5.02 Å². The summed E-state index contributed by atoms with van der Waals surface area (Å²) in [6, 6.07) is 12.1. The van der Waals surface area contributed by atoms with Crippen LogP contribution in [-0.2, 0) is 0 Å². The number of rotatable bonds is 2. The molecule has 0 aliphatic heterocycles. The van der Waals surface area contributed by atoms with Crippen molar-refractivity contribution >= 4 is 22.9 Å². The van der Waals surface area contributed by atoms with E-state index >= 15 is 0 Å². The number of aromatic nitrogens is 1. The molecular weight excluding hydrogens is 294 g/mol. The first-order valence-corrected chi connectivity index (χ1v) is 7.13. The van der Waals surface area contributed by atoms with Crippen molar-refractivity contribution in [2.45, 2.75) is 0 Å². The van der Waals surface area contributed by atoms with Crippen LogP contribution < -0.4 is 0 Å². The minimum absolute atomic E-state index is 0.137. The van der Waals surface area contributed by atoms with E-state index in [1.807, 2.05) is 29.6 Å². The zero-order valence-electron chi connectivity index (χ0n) is 10.2. The average molecular weight is 304 g/mol. The lowest BCUT2D eigenvalue weighted by atomic mass is 10.1. The Morgan fingerprint density at radius 3 is 2.30 bits per heavy atom. The number of nitrogens with zero attached hydrogens (tertiary/aromatic N) is 1. The van der Waals surface area contributed by atoms with Crippen LogP contribution in [0.4, 0.5) is 0 Å². The fourth-order valence-electron chi connectivity index (χ4n) is 1.81. The number of phenols is 2. The molecule has 0 spiro atoms. The van der Waals surface area contributed by atoms with Gasteiger partial charge in [-0.1, -0.05) is 23.7 Å². The summed E-state index contributed by atoms with van der Waals surface area (Å²) in [6.07, 6.45) is 0. The number of halogens is 1. The number of hydrogen-bond donors (Lipinski definition) is 2. The Morgan fingerprint density at radius 1 is 0.900 bits per heavy atom. The van der Waals surface area contributed by atoms with Gasteiger partial charge >= 0.3 is 0 Å². The molecule has 0 bridgehead atoms. The van der Waals surface area contributed by atoms with Crippen LogP contribution in [0.5, 0.6) is 11.5 Å². The van der Waals surface area contributed by atoms with Crippen molar-refractivity contribution in [2.75, 3.05) is 0 Å². The summed E-state index contributed by atoms with van der Waals surface area (Å²) in [6.45, 7) is 0. The monoisotopic (exact) mass is 303 g/mol. The second kappa shape index (κ2) is 5.15. The van der Waals surface area contributed by atoms with E-state index < -0.39 is 0 Å². The highest BCUT2D eigenvalue weighted by atomic mass is 35.5. The maximum absolute atomic E-state index is 9.53. The Hall–Kier alpha value is -2.04. The first kappa shape index (κ1) is 13.0. The van der Waals surface area contributed by atoms with Gasteiger partial charge in [0.25, 0.3) is 0 Å². The first-order valence-electron chi connectivity index (χ1n) is 5.87. The number of phenolic OH excluding ortho intramolecular Hbond substituents is 2. The molecule has 0 amide bonds. The van der Waals surface area contributed by atoms with Crippen molar-refractivity contribution in [1.29, 1.82) is 0 Å². The Balaban J connectivity index is 1.97. The fourth-order valence-corrected chi connectivity index (χ4v) is 2.78. The van der Waals surface area contributed by atoms with Gasteiger partial charge in [-0.15, -0.1) is 11.3 Å². The molecule has 3 nitrogen and oxygen atoms in total. The molecule has 2 N–H and O–H groups in total. The van der Waals surface area contributed by atoms with E-state index in [1.165, 1.54) is 23.5 Å². The van der Waals surface area contributed by atoms with Crippen molar-refractivity contribution in [1.82, 2.24) is 4.98 Å². The van der Waals surface area contributed by atoms with E-state index in [1.54, 1.807) is 6.07 Å². The van der Waals surface area contributed by atoms with Crippen LogP contribution in [0.15, 0.2) is 47.8 Å². The first-order chi connectivity index (χ1) is 9.63. The zero-order chi connectivity index (χ0) is 14.1. The van der Waals surface area contributed by atoms with E-state index in [4.69, 9.17) is 11.6 Å². The van der Waals surface area contributed by atoms with Gasteiger partial charge in [-0.3, -0.25) is 0 Å². The molecule has 1 aromatic heterocycles. The van der Waals surface area contributed by atoms with Gasteiger partial charge < -0.3 is 10.2 Å². The van der Waals surface area contributed by atoms with Crippen LogP contribution in [-0.4, -0.2) is 15.2 Å². The van der Waals surface area contributed by atoms with Crippen LogP contribution >= 0.6 is 22.9 Å². The lowest BCUT2D eigenvalue weighted by Crippen LogP contribution is -1.80. The molecule has 0 saturated carbocycles. The molecule has 0 atom stereocenters. The van der Waals surface area contributed by atoms with E-state index in [9.17, 15) is 10.2 Å². The summed E-state index contributed by atoms with van der Waals surface area (Å²) in [5.74, 6) is -0.287. The van der Waals surface area contributed by atoms with Crippen LogP contribution in [0.2, 0.25) is 5.02 Å². The molecular formula is C15H10ClNO2S. The lowest BCUT2D eigenvalue weighted by Gasteiger charge is -2.00. The number of benzene rings is 2. The van der Waals surface area contributed by atoms with Crippen molar-refractivity contribution in [3.63, 3.8) is 0 Å². The molecule has 0 fully saturated rings. The molecule has 0 aliphatic rings. The van der Waals surface area contributed by atoms with Gasteiger partial charge in [0.05, 0.1) is 5.69 Å². The summed E-state index contributed by atoms with van der Waals surface area (Å²) < 4.78 is 0. The predicted octanol–water partition coefficient (Wildman–Crippen LogP) is 4.54. The molecule has 2 aromatic carbocycles. The predicted molar refractivity (Wildman–Crippen MR) is 81.3 cm³/mol. The van der Waals surface area contributed by atoms with Gasteiger partial charge in [-0.25, -0.2) is 4.98 Å². The van der Waals surface area contributed by atoms with Gasteiger partial charge in [-0.2, -0.15) is 0 Å². The minimum Gasteiger partial charge on any atom is -0.504 e. The average Bonchev–Trinajstić information content (AvgIpc) is 2.92. The third-order valence-electron chi connectivity index (χ3n) is 2.87. The molecule has 20 heavy (non-hydrogen) atoms. The van der Waals surface area contributed by atoms with Gasteiger partial charge in [0.15, 0.2) is 11.5 Å². The summed E-state index contributed by atoms with van der Waals surface area (Å²) in [5.41, 5.74) is 2.51. The highest BCUT2D eigenvalue weighted by Crippen LogP contribution is 2.33. The molecule has 3 rings (SSSR count). The molecule has 3 aromatic rings. The second-order valence-corrected chi connectivity index (χ2v) is 5.54. The smallest absolute Gasteiger partial charge is 0.158 e. The SMILES string of the molecule is Oc1ccc(-c2csc(-c3ccc(Cl)cc3)n2)cc1O. The maximum Gasteiger partial charge on any atom is 0.158 e. The number of aromatic hydroxyl groups is 2. The Kier molecular flexibility index (Phi) is 3.34. The van der Waals surface area contributed by atoms with Crippen molar-refractivity contribution in [3.05, 3.63) is 52.9 Å². The quantitative estimate of drug-likeness (QED) is 0.683. The third kappa shape index (κ3) is 2.48. The number of thiazole rings is 1. The molecule has 0 unspecified atom stereocenters. The summed E-state index contributed by atoms with van der Waals surface area (Å²) in [7, 11) is 0. The third-order valence-corrected chi connectivity index (χ3v) is 4.01. The normalized spacial score (nSPS) is 10.7. The highest BCUT2D eigenvalue weighted by Gasteiger charge is 2.08. The molecule has 5 heteroatoms. The standard InChI is InChI=1S/C15H10ClNO2S/c16-11-4-1-9(2-5-11)15-17-12(8-20-15)10-3-6-13(18)14(19)7-10/h1-8,18-19H. The minimum atomic E-state index is -0.149. The van der Waals surface area contributed by atoms with Crippen LogP contribution in [0.1, 0.15) is 0 Å². The van der Waals surface area contributed by atoms with Crippen LogP contribution in [0.25, 0.3) is 21.8 Å².